The van der Waals surface area contributed by atoms with Crippen LogP contribution in [0.25, 0.3) is 0 Å². The Bertz CT molecular complexity index is 208. The average Bonchev–Trinajstić information content (AvgIpc) is 2.19. The number of morpholine rings is 1. The molecule has 0 aliphatic carbocycles. The average molecular weight is 200 g/mol. The molecular formula is C10H20N2O2. The monoisotopic (exact) mass is 200 g/mol. The van der Waals surface area contributed by atoms with Gasteiger partial charge in [-0.2, -0.15) is 0 Å². The molecule has 0 radical (unpaired) electrons. The molecule has 82 valence electrons. The van der Waals surface area contributed by atoms with Gasteiger partial charge in [-0.15, -0.1) is 0 Å². The van der Waals surface area contributed by atoms with Crippen LogP contribution >= 0.6 is 0 Å². The molecule has 1 aliphatic heterocycles. The lowest BCUT2D eigenvalue weighted by Crippen LogP contribution is -2.54. The van der Waals surface area contributed by atoms with Gasteiger partial charge in [-0.25, -0.2) is 0 Å². The second-order valence-electron chi connectivity index (χ2n) is 4.00. The number of hydrogen-bond donors (Lipinski definition) is 1. The number of nitrogens with zero attached hydrogens (tertiary/aromatic N) is 1. The van der Waals surface area contributed by atoms with Crippen LogP contribution in [0.2, 0.25) is 0 Å². The van der Waals surface area contributed by atoms with Gasteiger partial charge >= 0.3 is 0 Å². The van der Waals surface area contributed by atoms with Crippen LogP contribution in [0.5, 0.6) is 0 Å². The van der Waals surface area contributed by atoms with Gasteiger partial charge in [0.2, 0.25) is 5.91 Å². The Labute approximate surface area is 85.4 Å². The summed E-state index contributed by atoms with van der Waals surface area (Å²) in [6, 6.07) is -0.209. The first kappa shape index (κ1) is 11.5. The number of amides is 1. The predicted molar refractivity (Wildman–Crippen MR) is 54.9 cm³/mol. The molecule has 1 aliphatic rings. The Morgan fingerprint density at radius 3 is 2.86 bits per heavy atom. The Kier molecular flexibility index (Phi) is 3.89. The first-order valence-corrected chi connectivity index (χ1v) is 5.24. The zero-order chi connectivity index (χ0) is 10.7. The molecule has 0 bridgehead atoms. The van der Waals surface area contributed by atoms with Gasteiger partial charge in [0.25, 0.3) is 0 Å². The third-order valence-electron chi connectivity index (χ3n) is 2.65. The van der Waals surface area contributed by atoms with E-state index in [1.165, 1.54) is 0 Å². The van der Waals surface area contributed by atoms with Crippen molar-refractivity contribution in [3.8, 4) is 0 Å². The summed E-state index contributed by atoms with van der Waals surface area (Å²) in [7, 11) is 0. The molecule has 0 saturated carbocycles. The van der Waals surface area contributed by atoms with Crippen molar-refractivity contribution in [3.05, 3.63) is 0 Å². The van der Waals surface area contributed by atoms with E-state index >= 15 is 0 Å². The summed E-state index contributed by atoms with van der Waals surface area (Å²) in [6.07, 6.45) is 0.816. The number of nitrogens with two attached hydrogens (primary N) is 1. The van der Waals surface area contributed by atoms with Crippen molar-refractivity contribution >= 4 is 5.91 Å². The van der Waals surface area contributed by atoms with Crippen molar-refractivity contribution in [2.45, 2.75) is 45.4 Å². The van der Waals surface area contributed by atoms with Crippen LogP contribution in [0.4, 0.5) is 0 Å². The Balaban J connectivity index is 2.60. The molecule has 1 fully saturated rings. The van der Waals surface area contributed by atoms with E-state index in [0.717, 1.165) is 0 Å². The Morgan fingerprint density at radius 1 is 1.64 bits per heavy atom. The van der Waals surface area contributed by atoms with E-state index in [9.17, 15) is 4.79 Å². The van der Waals surface area contributed by atoms with Gasteiger partial charge in [0, 0.05) is 6.54 Å². The van der Waals surface area contributed by atoms with Gasteiger partial charge in [-0.1, -0.05) is 6.92 Å². The first-order chi connectivity index (χ1) is 6.56. The highest BCUT2D eigenvalue weighted by molar-refractivity contribution is 5.82. The van der Waals surface area contributed by atoms with Crippen LogP contribution in [-0.2, 0) is 9.53 Å². The number of ether oxygens (including phenoxy) is 1. The smallest absolute Gasteiger partial charge is 0.239 e. The SMILES string of the molecule is CC[C@H](N)C(=O)N1CC(C)OCC1C. The van der Waals surface area contributed by atoms with Crippen molar-refractivity contribution in [1.29, 1.82) is 0 Å². The van der Waals surface area contributed by atoms with Crippen LogP contribution in [0.1, 0.15) is 27.2 Å². The molecule has 14 heavy (non-hydrogen) atoms. The van der Waals surface area contributed by atoms with E-state index in [1.807, 2.05) is 25.7 Å². The van der Waals surface area contributed by atoms with Crippen LogP contribution in [0.15, 0.2) is 0 Å². The first-order valence-electron chi connectivity index (χ1n) is 5.24. The van der Waals surface area contributed by atoms with E-state index in [-0.39, 0.29) is 24.1 Å². The molecule has 2 N–H and O–H groups in total. The lowest BCUT2D eigenvalue weighted by atomic mass is 10.1. The zero-order valence-corrected chi connectivity index (χ0v) is 9.19. The maximum Gasteiger partial charge on any atom is 0.239 e. The van der Waals surface area contributed by atoms with Crippen molar-refractivity contribution in [3.63, 3.8) is 0 Å². The highest BCUT2D eigenvalue weighted by Gasteiger charge is 2.29. The second-order valence-corrected chi connectivity index (χ2v) is 4.00. The maximum absolute atomic E-state index is 11.8. The van der Waals surface area contributed by atoms with E-state index in [2.05, 4.69) is 0 Å². The van der Waals surface area contributed by atoms with Crippen LogP contribution in [-0.4, -0.2) is 42.1 Å². The number of carbonyl (C=O) groups excluding carboxylic acids is 1. The summed E-state index contributed by atoms with van der Waals surface area (Å²) in [4.78, 5) is 13.7. The Morgan fingerprint density at radius 2 is 2.29 bits per heavy atom. The van der Waals surface area contributed by atoms with Crippen molar-refractivity contribution in [2.24, 2.45) is 5.73 Å². The summed E-state index contributed by atoms with van der Waals surface area (Å²) < 4.78 is 5.45. The minimum atomic E-state index is -0.359. The van der Waals surface area contributed by atoms with Crippen molar-refractivity contribution in [2.75, 3.05) is 13.2 Å². The number of carbonyl (C=O) groups is 1. The van der Waals surface area contributed by atoms with Gasteiger partial charge in [0.15, 0.2) is 0 Å². The van der Waals surface area contributed by atoms with E-state index in [0.29, 0.717) is 19.6 Å². The van der Waals surface area contributed by atoms with Gasteiger partial charge in [-0.3, -0.25) is 4.79 Å². The number of rotatable bonds is 2. The van der Waals surface area contributed by atoms with E-state index < -0.39 is 0 Å². The van der Waals surface area contributed by atoms with Crippen LogP contribution in [0.3, 0.4) is 0 Å². The summed E-state index contributed by atoms with van der Waals surface area (Å²) in [5.74, 6) is 0.0511. The molecule has 1 heterocycles. The summed E-state index contributed by atoms with van der Waals surface area (Å²) in [6.45, 7) is 7.17. The molecule has 1 saturated heterocycles. The molecule has 1 rings (SSSR count). The molecular weight excluding hydrogens is 180 g/mol. The van der Waals surface area contributed by atoms with Crippen molar-refractivity contribution < 1.29 is 9.53 Å². The zero-order valence-electron chi connectivity index (χ0n) is 9.19. The molecule has 3 atom stereocenters. The fraction of sp³-hybridized carbons (Fsp3) is 0.900. The van der Waals surface area contributed by atoms with E-state index in [1.54, 1.807) is 0 Å². The molecule has 0 aromatic carbocycles. The fourth-order valence-electron chi connectivity index (χ4n) is 1.60. The van der Waals surface area contributed by atoms with Crippen LogP contribution in [0, 0.1) is 0 Å². The summed E-state index contributed by atoms with van der Waals surface area (Å²) >= 11 is 0. The highest BCUT2D eigenvalue weighted by Crippen LogP contribution is 2.12. The minimum absolute atomic E-state index is 0.0511. The topological polar surface area (TPSA) is 55.6 Å². The minimum Gasteiger partial charge on any atom is -0.375 e. The van der Waals surface area contributed by atoms with Gasteiger partial charge < -0.3 is 15.4 Å². The standard InChI is InChI=1S/C10H20N2O2/c1-4-9(11)10(13)12-5-8(3)14-6-7(12)2/h7-9H,4-6,11H2,1-3H3/t7?,8?,9-/m0/s1. The van der Waals surface area contributed by atoms with Crippen LogP contribution < -0.4 is 5.73 Å². The lowest BCUT2D eigenvalue weighted by Gasteiger charge is -2.38. The molecule has 0 aromatic heterocycles. The summed E-state index contributed by atoms with van der Waals surface area (Å²) in [5.41, 5.74) is 5.72. The molecule has 2 unspecified atom stereocenters. The highest BCUT2D eigenvalue weighted by atomic mass is 16.5. The third kappa shape index (κ3) is 2.45. The molecule has 0 spiro atoms. The van der Waals surface area contributed by atoms with Crippen molar-refractivity contribution in [1.82, 2.24) is 4.90 Å². The predicted octanol–water partition coefficient (Wildman–Crippen LogP) is 0.359. The largest absolute Gasteiger partial charge is 0.375 e. The molecule has 4 nitrogen and oxygen atoms in total. The molecule has 0 aromatic rings. The quantitative estimate of drug-likeness (QED) is 0.700. The maximum atomic E-state index is 11.8. The molecule has 1 amide bonds. The third-order valence-corrected chi connectivity index (χ3v) is 2.65. The lowest BCUT2D eigenvalue weighted by molar-refractivity contribution is -0.144. The second kappa shape index (κ2) is 4.75. The normalized spacial score (nSPS) is 30.1. The summed E-state index contributed by atoms with van der Waals surface area (Å²) in [5, 5.41) is 0. The molecule has 4 heteroatoms. The van der Waals surface area contributed by atoms with E-state index in [4.69, 9.17) is 10.5 Å². The fourth-order valence-corrected chi connectivity index (χ4v) is 1.60. The number of hydrogen-bond acceptors (Lipinski definition) is 3. The van der Waals surface area contributed by atoms with Gasteiger partial charge in [-0.05, 0) is 20.3 Å². The van der Waals surface area contributed by atoms with Gasteiger partial charge in [0.05, 0.1) is 24.8 Å². The van der Waals surface area contributed by atoms with Gasteiger partial charge in [0.1, 0.15) is 0 Å². The Hall–Kier alpha value is -0.610.